The number of para-hydroxylation sites is 2. The molecule has 14 rings (SSSR count). The van der Waals surface area contributed by atoms with E-state index < -0.39 is 0 Å². The summed E-state index contributed by atoms with van der Waals surface area (Å²) in [6, 6.07) is 84.6. The van der Waals surface area contributed by atoms with Gasteiger partial charge in [-0.2, -0.15) is 0 Å². The molecular weight excluding hydrogens is 875 g/mol. The molecule has 72 heavy (non-hydrogen) atoms. The van der Waals surface area contributed by atoms with Crippen molar-refractivity contribution in [3.05, 3.63) is 254 Å². The number of hydrogen-bond acceptors (Lipinski definition) is 3. The van der Waals surface area contributed by atoms with E-state index in [1.165, 1.54) is 60.5 Å². The number of benzene rings is 10. The van der Waals surface area contributed by atoms with Gasteiger partial charge in [-0.15, -0.1) is 0 Å². The van der Waals surface area contributed by atoms with E-state index in [-0.39, 0.29) is 0 Å². The van der Waals surface area contributed by atoms with Crippen molar-refractivity contribution in [2.45, 2.75) is 12.8 Å². The highest BCUT2D eigenvalue weighted by Gasteiger charge is 2.25. The zero-order chi connectivity index (χ0) is 47.5. The van der Waals surface area contributed by atoms with Gasteiger partial charge in [0.05, 0.1) is 27.8 Å². The second-order valence-corrected chi connectivity index (χ2v) is 18.6. The van der Waals surface area contributed by atoms with Crippen LogP contribution in [0.2, 0.25) is 0 Å². The second-order valence-electron chi connectivity index (χ2n) is 18.6. The maximum absolute atomic E-state index is 5.38. The fourth-order valence-corrected chi connectivity index (χ4v) is 11.2. The van der Waals surface area contributed by atoms with Crippen LogP contribution in [-0.2, 0) is 6.42 Å². The third-order valence-electron chi connectivity index (χ3n) is 14.5. The van der Waals surface area contributed by atoms with Gasteiger partial charge in [0, 0.05) is 43.9 Å². The number of hydrogen-bond donors (Lipinski definition) is 0. The number of fused-ring (bicyclic) bond motifs is 8. The van der Waals surface area contributed by atoms with Crippen molar-refractivity contribution >= 4 is 49.7 Å². The van der Waals surface area contributed by atoms with E-state index in [0.29, 0.717) is 17.5 Å². The SMILES string of the molecule is C1=Cc2ccc3c4c(-c5cccc6c5c5ccccc5n6-c5cc(-c6ccccc6)ccc5-c5nc(-c6ccccc6)nc(-c6ccc(-c7ccccc7)cc6)n5)cccc4n(-c4ccccc4)c3c2CC1. The molecule has 0 fully saturated rings. The van der Waals surface area contributed by atoms with Crippen LogP contribution in [0.5, 0.6) is 0 Å². The van der Waals surface area contributed by atoms with E-state index in [0.717, 1.165) is 68.5 Å². The van der Waals surface area contributed by atoms with Gasteiger partial charge in [-0.25, -0.2) is 15.0 Å². The summed E-state index contributed by atoms with van der Waals surface area (Å²) >= 11 is 0. The molecule has 0 atom stereocenters. The van der Waals surface area contributed by atoms with Crippen LogP contribution in [0.4, 0.5) is 0 Å². The Morgan fingerprint density at radius 1 is 0.347 bits per heavy atom. The fourth-order valence-electron chi connectivity index (χ4n) is 11.2. The molecule has 0 saturated heterocycles. The summed E-state index contributed by atoms with van der Waals surface area (Å²) in [4.78, 5) is 15.9. The zero-order valence-electron chi connectivity index (χ0n) is 39.3. The maximum atomic E-state index is 5.38. The van der Waals surface area contributed by atoms with Crippen LogP contribution in [0, 0.1) is 0 Å². The van der Waals surface area contributed by atoms with Crippen LogP contribution >= 0.6 is 0 Å². The fraction of sp³-hybridized carbons (Fsp3) is 0.0299. The average molecular weight is 920 g/mol. The highest BCUT2D eigenvalue weighted by molar-refractivity contribution is 6.23. The lowest BCUT2D eigenvalue weighted by molar-refractivity contribution is 0.984. The van der Waals surface area contributed by atoms with Gasteiger partial charge in [-0.3, -0.25) is 0 Å². The van der Waals surface area contributed by atoms with E-state index >= 15 is 0 Å². The summed E-state index contributed by atoms with van der Waals surface area (Å²) < 4.78 is 4.94. The molecule has 0 bridgehead atoms. The monoisotopic (exact) mass is 919 g/mol. The van der Waals surface area contributed by atoms with Crippen molar-refractivity contribution < 1.29 is 0 Å². The number of nitrogens with zero attached hydrogens (tertiary/aromatic N) is 5. The van der Waals surface area contributed by atoms with Gasteiger partial charge in [0.2, 0.25) is 0 Å². The lowest BCUT2D eigenvalue weighted by Crippen LogP contribution is -2.04. The number of aryl methyl sites for hydroxylation is 1. The molecule has 0 unspecified atom stereocenters. The molecule has 338 valence electrons. The molecule has 1 aliphatic rings. The van der Waals surface area contributed by atoms with E-state index in [1.54, 1.807) is 0 Å². The lowest BCUT2D eigenvalue weighted by atomic mass is 9.92. The van der Waals surface area contributed by atoms with Crippen LogP contribution in [-0.4, -0.2) is 24.1 Å². The molecule has 1 aliphatic carbocycles. The van der Waals surface area contributed by atoms with Crippen molar-refractivity contribution in [3.8, 4) is 78.9 Å². The van der Waals surface area contributed by atoms with Crippen molar-refractivity contribution in [1.29, 1.82) is 0 Å². The smallest absolute Gasteiger partial charge is 0.166 e. The Labute approximate surface area is 417 Å². The normalized spacial score (nSPS) is 12.3. The van der Waals surface area contributed by atoms with Crippen LogP contribution in [0.1, 0.15) is 17.5 Å². The molecule has 0 spiro atoms. The first-order valence-corrected chi connectivity index (χ1v) is 24.7. The molecule has 0 N–H and O–H groups in total. The van der Waals surface area contributed by atoms with Gasteiger partial charge in [0.1, 0.15) is 0 Å². The van der Waals surface area contributed by atoms with Gasteiger partial charge >= 0.3 is 0 Å². The van der Waals surface area contributed by atoms with E-state index in [4.69, 9.17) is 15.0 Å². The van der Waals surface area contributed by atoms with Crippen LogP contribution < -0.4 is 0 Å². The third-order valence-corrected chi connectivity index (χ3v) is 14.5. The van der Waals surface area contributed by atoms with Crippen molar-refractivity contribution in [2.24, 2.45) is 0 Å². The number of rotatable bonds is 8. The molecule has 10 aromatic carbocycles. The predicted octanol–water partition coefficient (Wildman–Crippen LogP) is 17.0. The van der Waals surface area contributed by atoms with Crippen LogP contribution in [0.25, 0.3) is 129 Å². The summed E-state index contributed by atoms with van der Waals surface area (Å²) in [5.74, 6) is 1.82. The first-order chi connectivity index (χ1) is 35.7. The third kappa shape index (κ3) is 6.89. The second kappa shape index (κ2) is 17.2. The Balaban J connectivity index is 1.03. The molecule has 0 saturated carbocycles. The molecule has 0 amide bonds. The number of aromatic nitrogens is 5. The molecule has 0 aliphatic heterocycles. The topological polar surface area (TPSA) is 48.5 Å². The van der Waals surface area contributed by atoms with Gasteiger partial charge in [-0.1, -0.05) is 206 Å². The van der Waals surface area contributed by atoms with E-state index in [1.807, 2.05) is 24.3 Å². The predicted molar refractivity (Wildman–Crippen MR) is 298 cm³/mol. The Morgan fingerprint density at radius 2 is 0.861 bits per heavy atom. The summed E-state index contributed by atoms with van der Waals surface area (Å²) in [5, 5.41) is 4.89. The molecular formula is C67H45N5. The van der Waals surface area contributed by atoms with Crippen molar-refractivity contribution in [2.75, 3.05) is 0 Å². The summed E-state index contributed by atoms with van der Waals surface area (Å²) in [6.07, 6.45) is 6.64. The highest BCUT2D eigenvalue weighted by Crippen LogP contribution is 2.46. The first-order valence-electron chi connectivity index (χ1n) is 24.7. The Morgan fingerprint density at radius 3 is 1.56 bits per heavy atom. The van der Waals surface area contributed by atoms with Gasteiger partial charge in [-0.05, 0) is 99.8 Å². The Hall–Kier alpha value is -9.45. The maximum Gasteiger partial charge on any atom is 0.166 e. The van der Waals surface area contributed by atoms with Crippen LogP contribution in [0.3, 0.4) is 0 Å². The zero-order valence-corrected chi connectivity index (χ0v) is 39.3. The van der Waals surface area contributed by atoms with E-state index in [2.05, 4.69) is 234 Å². The minimum absolute atomic E-state index is 0.597. The largest absolute Gasteiger partial charge is 0.309 e. The molecule has 0 radical (unpaired) electrons. The summed E-state index contributed by atoms with van der Waals surface area (Å²) in [6.45, 7) is 0. The van der Waals surface area contributed by atoms with E-state index in [9.17, 15) is 0 Å². The average Bonchev–Trinajstić information content (AvgIpc) is 4.00. The standard InChI is InChI=1S/C67H45N5/c1-5-19-44(20-6-1)46-35-37-49(38-36-46)66-68-65(48-24-9-3-10-25-48)69-67(70-66)56-41-40-50(45-21-7-2-8-22-45)43-61(56)72-58-32-16-15-29-55(58)62-53(30-18-34-60(62)72)54-31-17-33-59-63(54)57-42-39-47-23-13-14-28-52(47)64(57)71(59)51-26-11-4-12-27-51/h1-13,15-27,29-43H,14,28H2. The minimum atomic E-state index is 0.597. The lowest BCUT2D eigenvalue weighted by Gasteiger charge is -2.17. The quantitative estimate of drug-likeness (QED) is 0.153. The first kappa shape index (κ1) is 41.5. The van der Waals surface area contributed by atoms with Crippen LogP contribution in [0.15, 0.2) is 243 Å². The van der Waals surface area contributed by atoms with Crippen molar-refractivity contribution in [3.63, 3.8) is 0 Å². The minimum Gasteiger partial charge on any atom is -0.309 e. The van der Waals surface area contributed by atoms with Gasteiger partial charge in [0.25, 0.3) is 0 Å². The Bertz CT molecular complexity index is 4230. The molecule has 5 heteroatoms. The summed E-state index contributed by atoms with van der Waals surface area (Å²) in [7, 11) is 0. The van der Waals surface area contributed by atoms with Gasteiger partial charge < -0.3 is 9.13 Å². The molecule has 3 aromatic heterocycles. The molecule has 5 nitrogen and oxygen atoms in total. The molecule has 13 aromatic rings. The van der Waals surface area contributed by atoms with Crippen molar-refractivity contribution in [1.82, 2.24) is 24.1 Å². The number of allylic oxidation sites excluding steroid dienone is 1. The molecule has 3 heterocycles. The summed E-state index contributed by atoms with van der Waals surface area (Å²) in [5.41, 5.74) is 19.2. The Kier molecular flexibility index (Phi) is 9.92. The highest BCUT2D eigenvalue weighted by atomic mass is 15.1. The van der Waals surface area contributed by atoms with Gasteiger partial charge in [0.15, 0.2) is 17.5 Å².